The van der Waals surface area contributed by atoms with E-state index in [0.29, 0.717) is 0 Å². The standard InChI is InChI=1S/C14H20N2O2/c1-11-10-15-9-8-14(11,13(17)18-2)16-12-6-4-3-5-7-12/h3-7,11,15-16H,8-10H2,1-2H3/t11-,14+/m1/s1. The maximum absolute atomic E-state index is 12.2. The molecule has 4 heteroatoms. The van der Waals surface area contributed by atoms with Gasteiger partial charge in [-0.3, -0.25) is 0 Å². The largest absolute Gasteiger partial charge is 0.467 e. The van der Waals surface area contributed by atoms with Crippen LogP contribution in [0.4, 0.5) is 5.69 Å². The zero-order valence-electron chi connectivity index (χ0n) is 10.9. The van der Waals surface area contributed by atoms with E-state index in [2.05, 4.69) is 17.6 Å². The van der Waals surface area contributed by atoms with Gasteiger partial charge in [0.25, 0.3) is 0 Å². The van der Waals surface area contributed by atoms with Crippen LogP contribution in [0, 0.1) is 5.92 Å². The van der Waals surface area contributed by atoms with E-state index in [0.717, 1.165) is 25.2 Å². The molecule has 2 atom stereocenters. The predicted molar refractivity (Wildman–Crippen MR) is 71.5 cm³/mol. The second-order valence-electron chi connectivity index (χ2n) is 4.81. The fraction of sp³-hybridized carbons (Fsp3) is 0.500. The molecule has 0 radical (unpaired) electrons. The van der Waals surface area contributed by atoms with Crippen molar-refractivity contribution in [3.05, 3.63) is 30.3 Å². The Hall–Kier alpha value is -1.55. The van der Waals surface area contributed by atoms with Crippen LogP contribution < -0.4 is 10.6 Å². The highest BCUT2D eigenvalue weighted by atomic mass is 16.5. The van der Waals surface area contributed by atoms with Crippen LogP contribution in [-0.2, 0) is 9.53 Å². The van der Waals surface area contributed by atoms with Gasteiger partial charge in [0.2, 0.25) is 0 Å². The molecule has 0 aliphatic carbocycles. The maximum atomic E-state index is 12.2. The number of nitrogens with one attached hydrogen (secondary N) is 2. The van der Waals surface area contributed by atoms with E-state index >= 15 is 0 Å². The Morgan fingerprint density at radius 3 is 2.78 bits per heavy atom. The van der Waals surface area contributed by atoms with Gasteiger partial charge in [0.05, 0.1) is 7.11 Å². The average Bonchev–Trinajstić information content (AvgIpc) is 2.41. The van der Waals surface area contributed by atoms with Gasteiger partial charge in [-0.2, -0.15) is 0 Å². The summed E-state index contributed by atoms with van der Waals surface area (Å²) in [5.74, 6) is -0.000686. The van der Waals surface area contributed by atoms with E-state index in [1.807, 2.05) is 30.3 Å². The predicted octanol–water partition coefficient (Wildman–Crippen LogP) is 1.64. The van der Waals surface area contributed by atoms with Gasteiger partial charge in [0.15, 0.2) is 0 Å². The molecule has 1 aliphatic rings. The molecule has 2 rings (SSSR count). The smallest absolute Gasteiger partial charge is 0.331 e. The fourth-order valence-electron chi connectivity index (χ4n) is 2.53. The van der Waals surface area contributed by atoms with Crippen LogP contribution in [0.2, 0.25) is 0 Å². The highest BCUT2D eigenvalue weighted by Gasteiger charge is 2.46. The quantitative estimate of drug-likeness (QED) is 0.798. The number of rotatable bonds is 3. The summed E-state index contributed by atoms with van der Waals surface area (Å²) in [6.45, 7) is 3.70. The Bertz CT molecular complexity index is 408. The number of esters is 1. The number of carbonyl (C=O) groups is 1. The summed E-state index contributed by atoms with van der Waals surface area (Å²) < 4.78 is 5.01. The number of piperidine rings is 1. The first-order valence-corrected chi connectivity index (χ1v) is 6.31. The van der Waals surface area contributed by atoms with Crippen LogP contribution in [0.25, 0.3) is 0 Å². The second-order valence-corrected chi connectivity index (χ2v) is 4.81. The van der Waals surface area contributed by atoms with E-state index in [1.165, 1.54) is 7.11 Å². The molecular formula is C14H20N2O2. The Kier molecular flexibility index (Phi) is 3.87. The number of methoxy groups -OCH3 is 1. The number of benzene rings is 1. The molecule has 0 unspecified atom stereocenters. The van der Waals surface area contributed by atoms with Crippen molar-refractivity contribution in [2.45, 2.75) is 18.9 Å². The van der Waals surface area contributed by atoms with Gasteiger partial charge >= 0.3 is 5.97 Å². The molecular weight excluding hydrogens is 228 g/mol. The van der Waals surface area contributed by atoms with Gasteiger partial charge in [0.1, 0.15) is 5.54 Å². The first-order valence-electron chi connectivity index (χ1n) is 6.31. The summed E-state index contributed by atoms with van der Waals surface area (Å²) in [6, 6.07) is 9.82. The van der Waals surface area contributed by atoms with Crippen LogP contribution in [-0.4, -0.2) is 31.7 Å². The second kappa shape index (κ2) is 5.40. The summed E-state index contributed by atoms with van der Waals surface area (Å²) >= 11 is 0. The number of anilines is 1. The van der Waals surface area contributed by atoms with Crippen LogP contribution >= 0.6 is 0 Å². The van der Waals surface area contributed by atoms with Crippen LogP contribution in [0.5, 0.6) is 0 Å². The van der Waals surface area contributed by atoms with Crippen molar-refractivity contribution in [1.29, 1.82) is 0 Å². The highest BCUT2D eigenvalue weighted by molar-refractivity contribution is 5.85. The molecule has 0 bridgehead atoms. The van der Waals surface area contributed by atoms with Crippen molar-refractivity contribution in [2.24, 2.45) is 5.92 Å². The normalized spacial score (nSPS) is 27.6. The minimum absolute atomic E-state index is 0.180. The molecule has 1 fully saturated rings. The lowest BCUT2D eigenvalue weighted by molar-refractivity contribution is -0.148. The summed E-state index contributed by atoms with van der Waals surface area (Å²) in [5.41, 5.74) is 0.332. The molecule has 0 spiro atoms. The van der Waals surface area contributed by atoms with E-state index in [4.69, 9.17) is 4.74 Å². The highest BCUT2D eigenvalue weighted by Crippen LogP contribution is 2.30. The minimum Gasteiger partial charge on any atom is -0.467 e. The average molecular weight is 248 g/mol. The van der Waals surface area contributed by atoms with Gasteiger partial charge in [-0.25, -0.2) is 4.79 Å². The molecule has 0 amide bonds. The molecule has 1 heterocycles. The lowest BCUT2D eigenvalue weighted by atomic mass is 9.79. The third-order valence-electron chi connectivity index (χ3n) is 3.68. The molecule has 0 saturated carbocycles. The van der Waals surface area contributed by atoms with Gasteiger partial charge in [0, 0.05) is 18.2 Å². The van der Waals surface area contributed by atoms with E-state index in [1.54, 1.807) is 0 Å². The van der Waals surface area contributed by atoms with Crippen molar-refractivity contribution in [1.82, 2.24) is 5.32 Å². The zero-order chi connectivity index (χ0) is 13.0. The van der Waals surface area contributed by atoms with Gasteiger partial charge < -0.3 is 15.4 Å². The monoisotopic (exact) mass is 248 g/mol. The molecule has 1 aromatic rings. The van der Waals surface area contributed by atoms with Crippen molar-refractivity contribution in [2.75, 3.05) is 25.5 Å². The minimum atomic E-state index is -0.624. The number of carbonyl (C=O) groups excluding carboxylic acids is 1. The maximum Gasteiger partial charge on any atom is 0.331 e. The molecule has 1 saturated heterocycles. The van der Waals surface area contributed by atoms with Crippen molar-refractivity contribution >= 4 is 11.7 Å². The third-order valence-corrected chi connectivity index (χ3v) is 3.68. The summed E-state index contributed by atoms with van der Waals surface area (Å²) in [6.07, 6.45) is 0.732. The Labute approximate surface area is 108 Å². The SMILES string of the molecule is COC(=O)[C@]1(Nc2ccccc2)CCNC[C@H]1C. The number of ether oxygens (including phenoxy) is 1. The molecule has 4 nitrogen and oxygen atoms in total. The molecule has 2 N–H and O–H groups in total. The Morgan fingerprint density at radius 1 is 1.44 bits per heavy atom. The van der Waals surface area contributed by atoms with E-state index in [-0.39, 0.29) is 11.9 Å². The third kappa shape index (κ3) is 2.34. The lowest BCUT2D eigenvalue weighted by Gasteiger charge is -2.41. The summed E-state index contributed by atoms with van der Waals surface area (Å²) in [4.78, 5) is 12.2. The summed E-state index contributed by atoms with van der Waals surface area (Å²) in [7, 11) is 1.45. The van der Waals surface area contributed by atoms with Crippen LogP contribution in [0.3, 0.4) is 0 Å². The van der Waals surface area contributed by atoms with Gasteiger partial charge in [-0.15, -0.1) is 0 Å². The lowest BCUT2D eigenvalue weighted by Crippen LogP contribution is -2.59. The number of hydrogen-bond donors (Lipinski definition) is 2. The Morgan fingerprint density at radius 2 is 2.17 bits per heavy atom. The van der Waals surface area contributed by atoms with Crippen LogP contribution in [0.15, 0.2) is 30.3 Å². The Balaban J connectivity index is 2.27. The molecule has 1 aliphatic heterocycles. The topological polar surface area (TPSA) is 50.4 Å². The van der Waals surface area contributed by atoms with Crippen molar-refractivity contribution in [3.8, 4) is 0 Å². The van der Waals surface area contributed by atoms with Crippen LogP contribution in [0.1, 0.15) is 13.3 Å². The van der Waals surface area contributed by atoms with Crippen molar-refractivity contribution < 1.29 is 9.53 Å². The molecule has 98 valence electrons. The molecule has 1 aromatic carbocycles. The first-order chi connectivity index (χ1) is 8.69. The number of hydrogen-bond acceptors (Lipinski definition) is 4. The van der Waals surface area contributed by atoms with Gasteiger partial charge in [-0.1, -0.05) is 25.1 Å². The van der Waals surface area contributed by atoms with E-state index < -0.39 is 5.54 Å². The first kappa shape index (κ1) is 12.9. The van der Waals surface area contributed by atoms with E-state index in [9.17, 15) is 4.79 Å². The van der Waals surface area contributed by atoms with Crippen molar-refractivity contribution in [3.63, 3.8) is 0 Å². The van der Waals surface area contributed by atoms with Gasteiger partial charge in [-0.05, 0) is 25.1 Å². The molecule has 0 aromatic heterocycles. The summed E-state index contributed by atoms with van der Waals surface area (Å²) in [5, 5.41) is 6.69. The molecule has 18 heavy (non-hydrogen) atoms. The number of para-hydroxylation sites is 1. The zero-order valence-corrected chi connectivity index (χ0v) is 10.9. The fourth-order valence-corrected chi connectivity index (χ4v) is 2.53.